The van der Waals surface area contributed by atoms with E-state index in [1.807, 2.05) is 48.5 Å². The van der Waals surface area contributed by atoms with Crippen molar-refractivity contribution >= 4 is 44.9 Å². The number of hydrogen-bond donors (Lipinski definition) is 1. The van der Waals surface area contributed by atoms with E-state index in [0.717, 1.165) is 10.4 Å². The van der Waals surface area contributed by atoms with Gasteiger partial charge in [-0.05, 0) is 30.7 Å². The molecule has 1 amide bonds. The summed E-state index contributed by atoms with van der Waals surface area (Å²) >= 11 is 2.73. The van der Waals surface area contributed by atoms with Crippen LogP contribution in [0.15, 0.2) is 70.6 Å². The second-order valence-electron chi connectivity index (χ2n) is 6.94. The maximum Gasteiger partial charge on any atom is 0.262 e. The summed E-state index contributed by atoms with van der Waals surface area (Å²) in [6.45, 7) is 1.79. The molecule has 1 atom stereocenters. The monoisotopic (exact) mass is 451 g/mol. The number of benzene rings is 2. The van der Waals surface area contributed by atoms with Gasteiger partial charge >= 0.3 is 0 Å². The lowest BCUT2D eigenvalue weighted by atomic mass is 10.2. The largest absolute Gasteiger partial charge is 0.497 e. The number of aromatic nitrogens is 2. The Morgan fingerprint density at radius 3 is 2.68 bits per heavy atom. The van der Waals surface area contributed by atoms with Crippen molar-refractivity contribution in [2.75, 3.05) is 12.4 Å². The van der Waals surface area contributed by atoms with Gasteiger partial charge in [-0.3, -0.25) is 14.2 Å². The molecule has 0 aliphatic heterocycles. The summed E-state index contributed by atoms with van der Waals surface area (Å²) in [5.74, 6) is 0.489. The van der Waals surface area contributed by atoms with Crippen molar-refractivity contribution in [1.29, 1.82) is 0 Å². The number of amides is 1. The number of thiophene rings is 1. The molecule has 6 nitrogen and oxygen atoms in total. The molecule has 0 fully saturated rings. The maximum atomic E-state index is 12.9. The summed E-state index contributed by atoms with van der Waals surface area (Å²) in [7, 11) is 3.26. The van der Waals surface area contributed by atoms with Gasteiger partial charge in [-0.1, -0.05) is 48.2 Å². The van der Waals surface area contributed by atoms with Crippen molar-refractivity contribution in [1.82, 2.24) is 9.55 Å². The van der Waals surface area contributed by atoms with Gasteiger partial charge in [0.2, 0.25) is 5.91 Å². The van der Waals surface area contributed by atoms with E-state index >= 15 is 0 Å². The Kier molecular flexibility index (Phi) is 6.11. The zero-order valence-corrected chi connectivity index (χ0v) is 18.9. The van der Waals surface area contributed by atoms with Crippen LogP contribution in [0.5, 0.6) is 5.75 Å². The molecule has 4 aromatic rings. The lowest BCUT2D eigenvalue weighted by molar-refractivity contribution is -0.115. The van der Waals surface area contributed by atoms with Gasteiger partial charge in [0.15, 0.2) is 5.16 Å². The summed E-state index contributed by atoms with van der Waals surface area (Å²) < 4.78 is 6.70. The average Bonchev–Trinajstić information content (AvgIpc) is 3.22. The average molecular weight is 452 g/mol. The molecule has 0 saturated heterocycles. The molecule has 0 aliphatic carbocycles. The van der Waals surface area contributed by atoms with Crippen LogP contribution in [0.4, 0.5) is 5.69 Å². The summed E-state index contributed by atoms with van der Waals surface area (Å²) in [6, 6.07) is 19.0. The van der Waals surface area contributed by atoms with Gasteiger partial charge in [-0.25, -0.2) is 4.98 Å². The molecular formula is C23H21N3O3S2. The van der Waals surface area contributed by atoms with Crippen LogP contribution in [-0.4, -0.2) is 27.8 Å². The Morgan fingerprint density at radius 2 is 1.94 bits per heavy atom. The van der Waals surface area contributed by atoms with Crippen LogP contribution in [-0.2, 0) is 11.8 Å². The third-order valence-electron chi connectivity index (χ3n) is 4.78. The first-order valence-electron chi connectivity index (χ1n) is 9.64. The summed E-state index contributed by atoms with van der Waals surface area (Å²) in [6.07, 6.45) is 0. The van der Waals surface area contributed by atoms with Gasteiger partial charge in [0.25, 0.3) is 5.56 Å². The van der Waals surface area contributed by atoms with Crippen LogP contribution in [0.2, 0.25) is 0 Å². The number of rotatable bonds is 6. The van der Waals surface area contributed by atoms with E-state index in [1.54, 1.807) is 33.2 Å². The molecule has 0 saturated carbocycles. The Bertz CT molecular complexity index is 1300. The van der Waals surface area contributed by atoms with Crippen molar-refractivity contribution in [3.8, 4) is 16.2 Å². The molecule has 0 bridgehead atoms. The predicted octanol–water partition coefficient (Wildman–Crippen LogP) is 4.79. The molecule has 0 radical (unpaired) electrons. The van der Waals surface area contributed by atoms with E-state index in [1.165, 1.54) is 27.7 Å². The molecule has 2 aromatic carbocycles. The third kappa shape index (κ3) is 4.50. The summed E-state index contributed by atoms with van der Waals surface area (Å²) in [4.78, 5) is 31.9. The highest BCUT2D eigenvalue weighted by molar-refractivity contribution is 8.00. The smallest absolute Gasteiger partial charge is 0.262 e. The van der Waals surface area contributed by atoms with Gasteiger partial charge in [0, 0.05) is 23.7 Å². The molecule has 1 unspecified atom stereocenters. The van der Waals surface area contributed by atoms with Crippen molar-refractivity contribution in [2.45, 2.75) is 17.3 Å². The van der Waals surface area contributed by atoms with Gasteiger partial charge in [0.05, 0.1) is 17.7 Å². The topological polar surface area (TPSA) is 73.2 Å². The maximum absolute atomic E-state index is 12.9. The van der Waals surface area contributed by atoms with Crippen molar-refractivity contribution in [3.05, 3.63) is 71.0 Å². The Balaban J connectivity index is 1.58. The minimum absolute atomic E-state index is 0.119. The normalized spacial score (nSPS) is 12.0. The first-order chi connectivity index (χ1) is 15.0. The van der Waals surface area contributed by atoms with Gasteiger partial charge in [-0.15, -0.1) is 11.3 Å². The number of ether oxygens (including phenoxy) is 1. The van der Waals surface area contributed by atoms with E-state index < -0.39 is 5.25 Å². The van der Waals surface area contributed by atoms with Gasteiger partial charge in [-0.2, -0.15) is 0 Å². The fraction of sp³-hybridized carbons (Fsp3) is 0.174. The lowest BCUT2D eigenvalue weighted by Crippen LogP contribution is -2.25. The molecule has 0 aliphatic rings. The fourth-order valence-corrected chi connectivity index (χ4v) is 5.01. The first kappa shape index (κ1) is 21.1. The number of methoxy groups -OCH3 is 1. The Labute approximate surface area is 187 Å². The number of fused-ring (bicyclic) bond motifs is 1. The van der Waals surface area contributed by atoms with Gasteiger partial charge < -0.3 is 10.1 Å². The standard InChI is InChI=1S/C23H21N3O3S2/c1-14(20(27)24-16-10-7-11-17(12-16)29-3)30-23-25-21-18(22(28)26(23)2)13-19(31-21)15-8-5-4-6-9-15/h4-14H,1-3H3,(H,24,27). The van der Waals surface area contributed by atoms with E-state index in [0.29, 0.717) is 26.8 Å². The molecule has 2 heterocycles. The summed E-state index contributed by atoms with van der Waals surface area (Å²) in [5.41, 5.74) is 1.58. The van der Waals surface area contributed by atoms with Crippen LogP contribution >= 0.6 is 23.1 Å². The number of thioether (sulfide) groups is 1. The zero-order valence-electron chi connectivity index (χ0n) is 17.3. The zero-order chi connectivity index (χ0) is 22.0. The van der Waals surface area contributed by atoms with Crippen molar-refractivity contribution in [2.24, 2.45) is 7.05 Å². The lowest BCUT2D eigenvalue weighted by Gasteiger charge is -2.14. The number of anilines is 1. The minimum atomic E-state index is -0.449. The molecule has 158 valence electrons. The number of nitrogens with one attached hydrogen (secondary N) is 1. The highest BCUT2D eigenvalue weighted by atomic mass is 32.2. The SMILES string of the molecule is COc1cccc(NC(=O)C(C)Sc2nc3sc(-c4ccccc4)cc3c(=O)n2C)c1. The Hall–Kier alpha value is -3.10. The Morgan fingerprint density at radius 1 is 1.16 bits per heavy atom. The quantitative estimate of drug-likeness (QED) is 0.337. The van der Waals surface area contributed by atoms with Crippen LogP contribution in [0.3, 0.4) is 0 Å². The molecule has 31 heavy (non-hydrogen) atoms. The number of hydrogen-bond acceptors (Lipinski definition) is 6. The first-order valence-corrected chi connectivity index (χ1v) is 11.3. The molecule has 2 aromatic heterocycles. The van der Waals surface area contributed by atoms with E-state index in [-0.39, 0.29) is 11.5 Å². The molecule has 1 N–H and O–H groups in total. The van der Waals surface area contributed by atoms with Crippen LogP contribution in [0, 0.1) is 0 Å². The number of nitrogens with zero attached hydrogens (tertiary/aromatic N) is 2. The van der Waals surface area contributed by atoms with Crippen molar-refractivity contribution < 1.29 is 9.53 Å². The summed E-state index contributed by atoms with van der Waals surface area (Å²) in [5, 5.41) is 3.53. The van der Waals surface area contributed by atoms with E-state index in [9.17, 15) is 9.59 Å². The molecule has 4 rings (SSSR count). The second kappa shape index (κ2) is 8.95. The highest BCUT2D eigenvalue weighted by Crippen LogP contribution is 2.32. The van der Waals surface area contributed by atoms with E-state index in [2.05, 4.69) is 10.3 Å². The van der Waals surface area contributed by atoms with Crippen molar-refractivity contribution in [3.63, 3.8) is 0 Å². The van der Waals surface area contributed by atoms with Crippen LogP contribution in [0.1, 0.15) is 6.92 Å². The molecule has 8 heteroatoms. The predicted molar refractivity (Wildman–Crippen MR) is 127 cm³/mol. The third-order valence-corrected chi connectivity index (χ3v) is 7.00. The molecule has 0 spiro atoms. The number of carbonyl (C=O) groups is 1. The fourth-order valence-electron chi connectivity index (χ4n) is 3.05. The molecular weight excluding hydrogens is 430 g/mol. The van der Waals surface area contributed by atoms with Gasteiger partial charge in [0.1, 0.15) is 10.6 Å². The highest BCUT2D eigenvalue weighted by Gasteiger charge is 2.20. The van der Waals surface area contributed by atoms with Crippen LogP contribution in [0.25, 0.3) is 20.7 Å². The minimum Gasteiger partial charge on any atom is -0.497 e. The van der Waals surface area contributed by atoms with E-state index in [4.69, 9.17) is 4.74 Å². The second-order valence-corrected chi connectivity index (χ2v) is 9.27. The van der Waals surface area contributed by atoms with Crippen LogP contribution < -0.4 is 15.6 Å². The number of carbonyl (C=O) groups excluding carboxylic acids is 1.